The van der Waals surface area contributed by atoms with Gasteiger partial charge in [0.1, 0.15) is 5.75 Å². The number of piperidine rings is 3. The number of benzene rings is 5. The second kappa shape index (κ2) is 12.6. The third-order valence-corrected chi connectivity index (χ3v) is 10.8. The molecule has 0 radical (unpaired) electrons. The molecule has 4 unspecified atom stereocenters. The van der Waals surface area contributed by atoms with Crippen LogP contribution in [-0.4, -0.2) is 41.2 Å². The highest BCUT2D eigenvalue weighted by atomic mass is 32.1. The van der Waals surface area contributed by atoms with Crippen LogP contribution < -0.4 is 21.1 Å². The van der Waals surface area contributed by atoms with Crippen molar-refractivity contribution in [3.63, 3.8) is 0 Å². The number of fused-ring (bicyclic) bond motifs is 6. The number of nitrogens with one attached hydrogen (secondary N) is 2. The number of nitrogen functional groups attached to an aromatic ring is 1. The highest BCUT2D eigenvalue weighted by Gasteiger charge is 2.43. The lowest BCUT2D eigenvalue weighted by molar-refractivity contribution is 0.00443. The third kappa shape index (κ3) is 5.33. The van der Waals surface area contributed by atoms with Crippen LogP contribution in [0.5, 0.6) is 5.75 Å². The first kappa shape index (κ1) is 30.4. The molecule has 3 saturated heterocycles. The summed E-state index contributed by atoms with van der Waals surface area (Å²) in [5, 5.41) is 13.6. The quantitative estimate of drug-likeness (QED) is 0.0907. The van der Waals surface area contributed by atoms with Crippen LogP contribution >= 0.6 is 12.2 Å². The van der Waals surface area contributed by atoms with Crippen molar-refractivity contribution in [2.45, 2.75) is 24.9 Å². The Bertz CT molecular complexity index is 2200. The molecule has 4 N–H and O–H groups in total. The van der Waals surface area contributed by atoms with Gasteiger partial charge in [-0.05, 0) is 107 Å². The highest BCUT2D eigenvalue weighted by Crippen LogP contribution is 2.44. The molecule has 0 spiro atoms. The summed E-state index contributed by atoms with van der Waals surface area (Å²) >= 11 is 6.22. The minimum atomic E-state index is -0.0808. The van der Waals surface area contributed by atoms with E-state index < -0.39 is 0 Å². The smallest absolute Gasteiger partial charge is 0.171 e. The van der Waals surface area contributed by atoms with Gasteiger partial charge < -0.3 is 21.1 Å². The summed E-state index contributed by atoms with van der Waals surface area (Å²) in [4.78, 5) is 7.32. The minimum Gasteiger partial charge on any atom is -0.497 e. The van der Waals surface area contributed by atoms with E-state index in [4.69, 9.17) is 27.7 Å². The maximum Gasteiger partial charge on any atom is 0.171 e. The second-order valence-corrected chi connectivity index (χ2v) is 13.5. The summed E-state index contributed by atoms with van der Waals surface area (Å²) in [6.07, 6.45) is 6.32. The average Bonchev–Trinajstić information content (AvgIpc) is 3.13. The Morgan fingerprint density at radius 3 is 2.44 bits per heavy atom. The molecule has 2 bridgehead atoms. The number of anilines is 2. The van der Waals surface area contributed by atoms with E-state index in [-0.39, 0.29) is 12.1 Å². The predicted octanol–water partition coefficient (Wildman–Crippen LogP) is 8.72. The van der Waals surface area contributed by atoms with Gasteiger partial charge in [-0.15, -0.1) is 6.58 Å². The Labute approximate surface area is 286 Å². The SMILES string of the molecule is C=CC1CN2CCC1C[C@@H]2C(NC(=S)Nc1ccc2ccccc2c1-c1c(N)ccc2ccccc12)c1ccnc2ccc(OC)cc12. The van der Waals surface area contributed by atoms with Crippen molar-refractivity contribution in [1.82, 2.24) is 15.2 Å². The number of methoxy groups -OCH3 is 1. The number of nitrogens with zero attached hydrogens (tertiary/aromatic N) is 2. The zero-order chi connectivity index (χ0) is 32.8. The van der Waals surface area contributed by atoms with Crippen LogP contribution in [-0.2, 0) is 0 Å². The van der Waals surface area contributed by atoms with Gasteiger partial charge in [-0.2, -0.15) is 0 Å². The summed E-state index contributed by atoms with van der Waals surface area (Å²) < 4.78 is 5.65. The molecule has 1 aromatic heterocycles. The molecule has 5 aromatic carbocycles. The first-order chi connectivity index (χ1) is 23.5. The Balaban J connectivity index is 1.22. The molecule has 0 saturated carbocycles. The fourth-order valence-corrected chi connectivity index (χ4v) is 8.40. The third-order valence-electron chi connectivity index (χ3n) is 10.5. The lowest BCUT2D eigenvalue weighted by Crippen LogP contribution is -2.57. The molecular formula is C41H39N5OS. The lowest BCUT2D eigenvalue weighted by atomic mass is 9.73. The number of nitrogens with two attached hydrogens (primary N) is 1. The fourth-order valence-electron chi connectivity index (χ4n) is 8.16. The normalized spacial score (nSPS) is 20.9. The molecule has 9 rings (SSSR count). The molecule has 7 heteroatoms. The molecule has 3 fully saturated rings. The van der Waals surface area contributed by atoms with E-state index in [2.05, 4.69) is 107 Å². The summed E-state index contributed by atoms with van der Waals surface area (Å²) in [5.41, 5.74) is 12.6. The molecule has 0 amide bonds. The predicted molar refractivity (Wildman–Crippen MR) is 203 cm³/mol. The van der Waals surface area contributed by atoms with E-state index >= 15 is 0 Å². The Morgan fingerprint density at radius 2 is 1.71 bits per heavy atom. The first-order valence-electron chi connectivity index (χ1n) is 16.7. The van der Waals surface area contributed by atoms with Crippen molar-refractivity contribution in [2.24, 2.45) is 11.8 Å². The van der Waals surface area contributed by atoms with Crippen molar-refractivity contribution in [3.8, 4) is 16.9 Å². The largest absolute Gasteiger partial charge is 0.497 e. The van der Waals surface area contributed by atoms with Crippen LogP contribution in [0.1, 0.15) is 24.4 Å². The maximum absolute atomic E-state index is 6.79. The Morgan fingerprint density at radius 1 is 0.958 bits per heavy atom. The number of thiocarbonyl (C=S) groups is 1. The standard InChI is InChI=1S/C41H39N5OS/c1-3-25-24-46-21-19-28(25)22-37(46)40(32-18-20-43-35-17-14-29(47-2)23-33(32)35)45-41(48)44-36-16-13-27-9-5-7-11-31(27)39(36)38-30-10-6-4-8-26(30)12-15-34(38)42/h3-18,20,23,25,28,37,40H,1,19,21-22,24,42H2,2H3,(H2,44,45,48)/t25?,28?,37-,40?/m1/s1. The number of hydrogen-bond donors (Lipinski definition) is 3. The summed E-state index contributed by atoms with van der Waals surface area (Å²) in [5.74, 6) is 1.93. The van der Waals surface area contributed by atoms with Crippen LogP contribution in [0.25, 0.3) is 43.6 Å². The van der Waals surface area contributed by atoms with Gasteiger partial charge in [-0.25, -0.2) is 0 Å². The van der Waals surface area contributed by atoms with E-state index in [1.165, 1.54) is 6.42 Å². The van der Waals surface area contributed by atoms with Gasteiger partial charge in [-0.3, -0.25) is 9.88 Å². The molecule has 3 aliphatic heterocycles. The van der Waals surface area contributed by atoms with Crippen molar-refractivity contribution in [1.29, 1.82) is 0 Å². The molecule has 48 heavy (non-hydrogen) atoms. The van der Waals surface area contributed by atoms with E-state index in [0.717, 1.165) is 85.8 Å². The number of rotatable bonds is 7. The summed E-state index contributed by atoms with van der Waals surface area (Å²) in [6, 6.07) is 33.6. The molecule has 240 valence electrons. The zero-order valence-corrected chi connectivity index (χ0v) is 27.8. The molecule has 6 aromatic rings. The number of pyridine rings is 1. The van der Waals surface area contributed by atoms with E-state index in [1.54, 1.807) is 7.11 Å². The maximum atomic E-state index is 6.79. The second-order valence-electron chi connectivity index (χ2n) is 13.1. The molecule has 0 aliphatic carbocycles. The molecule has 5 atom stereocenters. The first-order valence-corrected chi connectivity index (χ1v) is 17.1. The zero-order valence-electron chi connectivity index (χ0n) is 27.0. The van der Waals surface area contributed by atoms with Gasteiger partial charge in [0.05, 0.1) is 18.7 Å². The van der Waals surface area contributed by atoms with E-state index in [1.807, 2.05) is 24.4 Å². The van der Waals surface area contributed by atoms with Crippen LogP contribution in [0.2, 0.25) is 0 Å². The lowest BCUT2D eigenvalue weighted by Gasteiger charge is -2.52. The van der Waals surface area contributed by atoms with Gasteiger partial charge in [-0.1, -0.05) is 66.7 Å². The number of aromatic nitrogens is 1. The van der Waals surface area contributed by atoms with Crippen LogP contribution in [0.15, 0.2) is 116 Å². The Kier molecular flexibility index (Phi) is 7.95. The average molecular weight is 650 g/mol. The molecule has 3 aliphatic rings. The van der Waals surface area contributed by atoms with Crippen molar-refractivity contribution < 1.29 is 4.74 Å². The van der Waals surface area contributed by atoms with E-state index in [0.29, 0.717) is 16.9 Å². The van der Waals surface area contributed by atoms with E-state index in [9.17, 15) is 0 Å². The summed E-state index contributed by atoms with van der Waals surface area (Å²) in [6.45, 7) is 6.24. The minimum absolute atomic E-state index is 0.0808. The Hall–Kier alpha value is -4.98. The molecule has 6 nitrogen and oxygen atoms in total. The summed E-state index contributed by atoms with van der Waals surface area (Å²) in [7, 11) is 1.71. The number of ether oxygens (including phenoxy) is 1. The molecular weight excluding hydrogens is 611 g/mol. The van der Waals surface area contributed by atoms with Gasteiger partial charge in [0.25, 0.3) is 0 Å². The van der Waals surface area contributed by atoms with Crippen LogP contribution in [0, 0.1) is 11.8 Å². The van der Waals surface area contributed by atoms with Gasteiger partial charge in [0, 0.05) is 46.7 Å². The highest BCUT2D eigenvalue weighted by molar-refractivity contribution is 7.80. The van der Waals surface area contributed by atoms with Gasteiger partial charge >= 0.3 is 0 Å². The van der Waals surface area contributed by atoms with Gasteiger partial charge in [0.15, 0.2) is 5.11 Å². The van der Waals surface area contributed by atoms with Crippen LogP contribution in [0.3, 0.4) is 0 Å². The molecule has 4 heterocycles. The number of hydrogen-bond acceptors (Lipinski definition) is 5. The van der Waals surface area contributed by atoms with Crippen molar-refractivity contribution >= 4 is 61.2 Å². The van der Waals surface area contributed by atoms with Crippen molar-refractivity contribution in [2.75, 3.05) is 31.2 Å². The van der Waals surface area contributed by atoms with Crippen LogP contribution in [0.4, 0.5) is 11.4 Å². The topological polar surface area (TPSA) is 75.4 Å². The monoisotopic (exact) mass is 649 g/mol. The van der Waals surface area contributed by atoms with Crippen molar-refractivity contribution in [3.05, 3.63) is 121 Å². The fraction of sp³-hybridized carbons (Fsp3) is 0.220. The van der Waals surface area contributed by atoms with Gasteiger partial charge in [0.2, 0.25) is 0 Å².